The van der Waals surface area contributed by atoms with Gasteiger partial charge in [0, 0.05) is 23.4 Å². The molecule has 2 aromatic carbocycles. The zero-order chi connectivity index (χ0) is 20.4. The second-order valence-corrected chi connectivity index (χ2v) is 7.83. The van der Waals surface area contributed by atoms with Gasteiger partial charge in [-0.05, 0) is 43.3 Å². The summed E-state index contributed by atoms with van der Waals surface area (Å²) in [6.45, 7) is 5.48. The van der Waals surface area contributed by atoms with Crippen molar-refractivity contribution in [3.8, 4) is 11.5 Å². The molecule has 0 spiro atoms. The van der Waals surface area contributed by atoms with Crippen molar-refractivity contribution in [3.63, 3.8) is 0 Å². The Labute approximate surface area is 172 Å². The second-order valence-electron chi connectivity index (χ2n) is 7.83. The number of fused-ring (bicyclic) bond motifs is 1. The van der Waals surface area contributed by atoms with E-state index in [0.717, 1.165) is 29.7 Å². The van der Waals surface area contributed by atoms with Gasteiger partial charge in [0.2, 0.25) is 0 Å². The minimum atomic E-state index is -0.219. The van der Waals surface area contributed by atoms with Crippen molar-refractivity contribution in [2.75, 3.05) is 20.7 Å². The molecule has 150 valence electrons. The summed E-state index contributed by atoms with van der Waals surface area (Å²) in [7, 11) is 3.75. The van der Waals surface area contributed by atoms with Gasteiger partial charge in [0.05, 0.1) is 7.11 Å². The average molecular weight is 389 g/mol. The number of ketones is 1. The molecule has 1 aliphatic heterocycles. The first-order chi connectivity index (χ1) is 14.1. The molecule has 2 aliphatic rings. The number of allylic oxidation sites excluding steroid dienone is 1. The number of nitrogens with zero attached hydrogens (tertiary/aromatic N) is 1. The van der Waals surface area contributed by atoms with Gasteiger partial charge in [0.1, 0.15) is 6.61 Å². The van der Waals surface area contributed by atoms with Crippen molar-refractivity contribution in [1.29, 1.82) is 0 Å². The summed E-state index contributed by atoms with van der Waals surface area (Å²) in [5, 5.41) is 0. The molecular formula is C25H27NO3. The van der Waals surface area contributed by atoms with Crippen molar-refractivity contribution >= 4 is 11.9 Å². The Morgan fingerprint density at radius 2 is 2.03 bits per heavy atom. The lowest BCUT2D eigenvalue weighted by Gasteiger charge is -2.38. The molecule has 29 heavy (non-hydrogen) atoms. The first kappa shape index (κ1) is 19.5. The lowest BCUT2D eigenvalue weighted by atomic mass is 9.68. The van der Waals surface area contributed by atoms with E-state index in [-0.39, 0.29) is 17.2 Å². The lowest BCUT2D eigenvalue weighted by molar-refractivity contribution is -0.116. The largest absolute Gasteiger partial charge is 0.493 e. The molecule has 0 bridgehead atoms. The smallest absolute Gasteiger partial charge is 0.169 e. The minimum absolute atomic E-state index is 0.147. The predicted molar refractivity (Wildman–Crippen MR) is 115 cm³/mol. The van der Waals surface area contributed by atoms with Crippen molar-refractivity contribution in [1.82, 2.24) is 4.90 Å². The van der Waals surface area contributed by atoms with Gasteiger partial charge in [-0.25, -0.2) is 0 Å². The maximum Gasteiger partial charge on any atom is 0.169 e. The molecule has 2 unspecified atom stereocenters. The van der Waals surface area contributed by atoms with Crippen molar-refractivity contribution in [2.24, 2.45) is 0 Å². The number of likely N-dealkylation sites (tertiary alicyclic amines) is 1. The number of ether oxygens (including phenoxy) is 2. The summed E-state index contributed by atoms with van der Waals surface area (Å²) in [5.74, 6) is 1.58. The highest BCUT2D eigenvalue weighted by atomic mass is 16.5. The molecule has 2 aromatic rings. The van der Waals surface area contributed by atoms with E-state index >= 15 is 0 Å². The molecule has 0 amide bonds. The van der Waals surface area contributed by atoms with Gasteiger partial charge in [-0.15, -0.1) is 0 Å². The molecule has 4 heteroatoms. The second kappa shape index (κ2) is 7.88. The van der Waals surface area contributed by atoms with Crippen LogP contribution in [-0.2, 0) is 16.8 Å². The van der Waals surface area contributed by atoms with Gasteiger partial charge in [-0.3, -0.25) is 4.79 Å². The molecule has 0 aromatic heterocycles. The van der Waals surface area contributed by atoms with Crippen LogP contribution in [0.2, 0.25) is 0 Å². The third-order valence-corrected chi connectivity index (χ3v) is 6.28. The summed E-state index contributed by atoms with van der Waals surface area (Å²) in [6.07, 6.45) is 7.20. The maximum atomic E-state index is 12.1. The Hall–Kier alpha value is -2.85. The number of likely N-dealkylation sites (N-methyl/N-ethyl adjacent to an activating group) is 1. The molecular weight excluding hydrogens is 362 g/mol. The fourth-order valence-electron chi connectivity index (χ4n) is 4.74. The van der Waals surface area contributed by atoms with Gasteiger partial charge >= 0.3 is 0 Å². The normalized spacial score (nSPS) is 23.7. The molecule has 4 nitrogen and oxygen atoms in total. The fraction of sp³-hybridized carbons (Fsp3) is 0.320. The van der Waals surface area contributed by atoms with Crippen LogP contribution < -0.4 is 9.47 Å². The predicted octanol–water partition coefficient (Wildman–Crippen LogP) is 4.39. The van der Waals surface area contributed by atoms with E-state index in [9.17, 15) is 4.79 Å². The molecule has 1 heterocycles. The van der Waals surface area contributed by atoms with Gasteiger partial charge in [-0.1, -0.05) is 55.1 Å². The summed E-state index contributed by atoms with van der Waals surface area (Å²) in [5.41, 5.74) is 2.97. The molecule has 1 fully saturated rings. The van der Waals surface area contributed by atoms with Crippen LogP contribution in [0.1, 0.15) is 29.5 Å². The highest BCUT2D eigenvalue weighted by Crippen LogP contribution is 2.49. The van der Waals surface area contributed by atoms with Crippen LogP contribution in [0.4, 0.5) is 0 Å². The summed E-state index contributed by atoms with van der Waals surface area (Å²) in [6, 6.07) is 14.3. The van der Waals surface area contributed by atoms with Crippen LogP contribution in [-0.4, -0.2) is 37.4 Å². The quantitative estimate of drug-likeness (QED) is 0.735. The SMILES string of the molecule is C=Cc1c(C23C=CC(=O)CC2N(C)CC3)ccc(OC)c1OCc1ccccc1. The number of benzene rings is 2. The molecule has 1 saturated heterocycles. The standard InChI is InChI=1S/C25H27NO3/c1-4-20-21(25-13-12-19(27)16-23(25)26(2)15-14-25)10-11-22(28-3)24(20)29-17-18-8-6-5-7-9-18/h4-13,23H,1,14-17H2,2-3H3. The first-order valence-electron chi connectivity index (χ1n) is 10.0. The van der Waals surface area contributed by atoms with E-state index < -0.39 is 0 Å². The number of carbonyl (C=O) groups is 1. The van der Waals surface area contributed by atoms with Crippen molar-refractivity contribution < 1.29 is 14.3 Å². The highest BCUT2D eigenvalue weighted by molar-refractivity contribution is 5.92. The number of hydrogen-bond acceptors (Lipinski definition) is 4. The van der Waals surface area contributed by atoms with Crippen molar-refractivity contribution in [3.05, 3.63) is 77.9 Å². The molecule has 1 aliphatic carbocycles. The summed E-state index contributed by atoms with van der Waals surface area (Å²) >= 11 is 0. The topological polar surface area (TPSA) is 38.8 Å². The summed E-state index contributed by atoms with van der Waals surface area (Å²) < 4.78 is 11.9. The molecule has 0 N–H and O–H groups in total. The van der Waals surface area contributed by atoms with Crippen LogP contribution >= 0.6 is 0 Å². The highest BCUT2D eigenvalue weighted by Gasteiger charge is 2.49. The molecule has 4 rings (SSSR count). The van der Waals surface area contributed by atoms with Crippen LogP contribution in [0, 0.1) is 0 Å². The van der Waals surface area contributed by atoms with Gasteiger partial charge in [0.15, 0.2) is 17.3 Å². The number of carbonyl (C=O) groups excluding carboxylic acids is 1. The number of hydrogen-bond donors (Lipinski definition) is 0. The van der Waals surface area contributed by atoms with E-state index in [0.29, 0.717) is 24.5 Å². The van der Waals surface area contributed by atoms with Crippen LogP contribution in [0.15, 0.2) is 61.2 Å². The van der Waals surface area contributed by atoms with Gasteiger partial charge in [0.25, 0.3) is 0 Å². The van der Waals surface area contributed by atoms with Crippen LogP contribution in [0.5, 0.6) is 11.5 Å². The van der Waals surface area contributed by atoms with E-state index in [4.69, 9.17) is 9.47 Å². The van der Waals surface area contributed by atoms with E-state index in [1.165, 1.54) is 0 Å². The van der Waals surface area contributed by atoms with Crippen LogP contribution in [0.25, 0.3) is 6.08 Å². The first-order valence-corrected chi connectivity index (χ1v) is 10.0. The monoisotopic (exact) mass is 389 g/mol. The van der Waals surface area contributed by atoms with E-state index in [2.05, 4.69) is 30.7 Å². The Bertz CT molecular complexity index is 950. The average Bonchev–Trinajstić information content (AvgIpc) is 3.09. The third kappa shape index (κ3) is 3.38. The number of rotatable bonds is 6. The third-order valence-electron chi connectivity index (χ3n) is 6.28. The maximum absolute atomic E-state index is 12.1. The van der Waals surface area contributed by atoms with Crippen LogP contribution in [0.3, 0.4) is 0 Å². The zero-order valence-corrected chi connectivity index (χ0v) is 17.1. The Balaban J connectivity index is 1.79. The number of methoxy groups -OCH3 is 1. The lowest BCUT2D eigenvalue weighted by Crippen LogP contribution is -2.44. The Kier molecular flexibility index (Phi) is 5.29. The fourth-order valence-corrected chi connectivity index (χ4v) is 4.74. The van der Waals surface area contributed by atoms with E-state index in [1.54, 1.807) is 13.2 Å². The Morgan fingerprint density at radius 3 is 2.76 bits per heavy atom. The van der Waals surface area contributed by atoms with Gasteiger partial charge < -0.3 is 14.4 Å². The molecule has 0 radical (unpaired) electrons. The minimum Gasteiger partial charge on any atom is -0.493 e. The zero-order valence-electron chi connectivity index (χ0n) is 17.1. The summed E-state index contributed by atoms with van der Waals surface area (Å²) in [4.78, 5) is 14.4. The Morgan fingerprint density at radius 1 is 1.24 bits per heavy atom. The van der Waals surface area contributed by atoms with Crippen molar-refractivity contribution in [2.45, 2.75) is 30.9 Å². The van der Waals surface area contributed by atoms with Gasteiger partial charge in [-0.2, -0.15) is 0 Å². The molecule has 2 atom stereocenters. The van der Waals surface area contributed by atoms with E-state index in [1.807, 2.05) is 42.5 Å². The molecule has 0 saturated carbocycles.